The quantitative estimate of drug-likeness (QED) is 0.318. The normalized spacial score (nSPS) is 11.1. The Morgan fingerprint density at radius 2 is 1.71 bits per heavy atom. The zero-order valence-electron chi connectivity index (χ0n) is 12.0. The number of benzene rings is 2. The van der Waals surface area contributed by atoms with Crippen LogP contribution in [0.3, 0.4) is 0 Å². The lowest BCUT2D eigenvalue weighted by molar-refractivity contribution is -0.384. The van der Waals surface area contributed by atoms with Crippen molar-refractivity contribution in [2.24, 2.45) is 0 Å². The first-order valence-electron chi connectivity index (χ1n) is 6.51. The molecule has 0 N–H and O–H groups in total. The highest BCUT2D eigenvalue weighted by molar-refractivity contribution is 7.86. The predicted molar refractivity (Wildman–Crippen MR) is 83.8 cm³/mol. The Hall–Kier alpha value is -2.39. The largest absolute Gasteiger partial charge is 0.490 e. The maximum absolute atomic E-state index is 12.7. The molecule has 0 heterocycles. The van der Waals surface area contributed by atoms with Crippen molar-refractivity contribution in [1.29, 1.82) is 0 Å². The smallest absolute Gasteiger partial charge is 0.332 e. The molecular weight excluding hydrogens is 365 g/mol. The van der Waals surface area contributed by atoms with Crippen molar-refractivity contribution in [3.05, 3.63) is 57.6 Å². The first-order valence-corrected chi connectivity index (χ1v) is 8.28. The van der Waals surface area contributed by atoms with Crippen LogP contribution >= 0.6 is 11.6 Å². The Balaban J connectivity index is 1.86. The summed E-state index contributed by atoms with van der Waals surface area (Å²) in [5.74, 6) is 0.602. The number of rotatable bonds is 7. The second kappa shape index (κ2) is 7.45. The number of nitro benzene ring substituents is 1. The molecule has 0 atom stereocenters. The number of hydrogen-bond acceptors (Lipinski definition) is 6. The number of ether oxygens (including phenoxy) is 2. The Morgan fingerprint density at radius 1 is 1.08 bits per heavy atom. The molecule has 128 valence electrons. The summed E-state index contributed by atoms with van der Waals surface area (Å²) in [6, 6.07) is 8.60. The van der Waals surface area contributed by atoms with E-state index in [0.717, 1.165) is 12.1 Å². The third kappa shape index (κ3) is 4.80. The van der Waals surface area contributed by atoms with Gasteiger partial charge in [-0.05, 0) is 30.3 Å². The minimum atomic E-state index is -4.74. The molecule has 0 aliphatic heterocycles. The van der Waals surface area contributed by atoms with Crippen molar-refractivity contribution in [2.75, 3.05) is 13.2 Å². The summed E-state index contributed by atoms with van der Waals surface area (Å²) in [6.07, 6.45) is 0. The summed E-state index contributed by atoms with van der Waals surface area (Å²) in [6.45, 7) is 0.204. The Morgan fingerprint density at radius 3 is 2.25 bits per heavy atom. The van der Waals surface area contributed by atoms with Gasteiger partial charge in [-0.15, -0.1) is 3.89 Å². The van der Waals surface area contributed by atoms with E-state index in [4.69, 9.17) is 21.1 Å². The average molecular weight is 376 g/mol. The van der Waals surface area contributed by atoms with Crippen LogP contribution in [-0.4, -0.2) is 26.6 Å². The second-order valence-corrected chi connectivity index (χ2v) is 6.23. The molecule has 0 unspecified atom stereocenters. The van der Waals surface area contributed by atoms with Crippen LogP contribution in [0.1, 0.15) is 0 Å². The molecule has 0 bridgehead atoms. The maximum atomic E-state index is 12.7. The number of hydrogen-bond donors (Lipinski definition) is 0. The average Bonchev–Trinajstić information content (AvgIpc) is 2.52. The van der Waals surface area contributed by atoms with Crippen molar-refractivity contribution in [3.8, 4) is 11.5 Å². The minimum Gasteiger partial charge on any atom is -0.490 e. The molecule has 0 aromatic heterocycles. The van der Waals surface area contributed by atoms with E-state index < -0.39 is 20.0 Å². The molecule has 0 fully saturated rings. The van der Waals surface area contributed by atoms with Gasteiger partial charge in [-0.25, -0.2) is 0 Å². The van der Waals surface area contributed by atoms with Gasteiger partial charge in [-0.2, -0.15) is 8.42 Å². The summed E-state index contributed by atoms with van der Waals surface area (Å²) < 4.78 is 44.7. The highest BCUT2D eigenvalue weighted by atomic mass is 35.5. The summed E-state index contributed by atoms with van der Waals surface area (Å²) in [7, 11) is -4.74. The van der Waals surface area contributed by atoms with E-state index in [0.29, 0.717) is 5.75 Å². The number of nitrogens with zero attached hydrogens (tertiary/aromatic N) is 1. The van der Waals surface area contributed by atoms with Crippen molar-refractivity contribution >= 4 is 27.5 Å². The fourth-order valence-corrected chi connectivity index (χ4v) is 2.42. The molecule has 2 rings (SSSR count). The molecule has 0 radical (unpaired) electrons. The van der Waals surface area contributed by atoms with Crippen LogP contribution in [-0.2, 0) is 10.2 Å². The lowest BCUT2D eigenvalue weighted by atomic mass is 10.3. The molecule has 7 nitrogen and oxygen atoms in total. The molecule has 0 saturated heterocycles. The van der Waals surface area contributed by atoms with Gasteiger partial charge in [0.15, 0.2) is 0 Å². The van der Waals surface area contributed by atoms with E-state index in [1.165, 1.54) is 30.3 Å². The van der Waals surface area contributed by atoms with E-state index in [-0.39, 0.29) is 29.7 Å². The van der Waals surface area contributed by atoms with Gasteiger partial charge >= 0.3 is 10.2 Å². The van der Waals surface area contributed by atoms with Crippen molar-refractivity contribution < 1.29 is 26.7 Å². The Kier molecular flexibility index (Phi) is 5.58. The van der Waals surface area contributed by atoms with Gasteiger partial charge in [-0.3, -0.25) is 10.1 Å². The zero-order valence-corrected chi connectivity index (χ0v) is 13.6. The second-order valence-electron chi connectivity index (χ2n) is 4.48. The minimum absolute atomic E-state index is 0.0979. The van der Waals surface area contributed by atoms with Crippen molar-refractivity contribution in [2.45, 2.75) is 4.90 Å². The number of non-ortho nitro benzene ring substituents is 1. The van der Waals surface area contributed by atoms with Crippen molar-refractivity contribution in [3.63, 3.8) is 0 Å². The van der Waals surface area contributed by atoms with Crippen LogP contribution < -0.4 is 9.47 Å². The molecule has 0 spiro atoms. The van der Waals surface area contributed by atoms with E-state index in [9.17, 15) is 22.4 Å². The first kappa shape index (κ1) is 18.0. The molecule has 0 saturated carbocycles. The highest BCUT2D eigenvalue weighted by Crippen LogP contribution is 2.28. The summed E-state index contributed by atoms with van der Waals surface area (Å²) >= 11 is 5.87. The molecule has 2 aromatic carbocycles. The van der Waals surface area contributed by atoms with E-state index >= 15 is 0 Å². The van der Waals surface area contributed by atoms with E-state index in [2.05, 4.69) is 0 Å². The standard InChI is InChI=1S/C14H11ClFNO6S/c15-13-9-10(17(18)19)1-6-14(13)23-8-7-22-11-2-4-12(5-3-11)24(16,20)21/h1-6,9H,7-8H2. The molecule has 0 aliphatic rings. The summed E-state index contributed by atoms with van der Waals surface area (Å²) in [5.41, 5.74) is -0.147. The van der Waals surface area contributed by atoms with Crippen molar-refractivity contribution in [1.82, 2.24) is 0 Å². The lowest BCUT2D eigenvalue weighted by Gasteiger charge is -2.09. The molecule has 0 aliphatic carbocycles. The number of nitro groups is 1. The van der Waals surface area contributed by atoms with Gasteiger partial charge in [0.25, 0.3) is 5.69 Å². The topological polar surface area (TPSA) is 95.7 Å². The van der Waals surface area contributed by atoms with Crippen LogP contribution in [0.25, 0.3) is 0 Å². The van der Waals surface area contributed by atoms with Gasteiger partial charge in [0.05, 0.1) is 14.8 Å². The summed E-state index contributed by atoms with van der Waals surface area (Å²) in [5, 5.41) is 10.7. The third-order valence-corrected chi connectivity index (χ3v) is 3.97. The Labute approximate surface area is 141 Å². The van der Waals surface area contributed by atoms with Gasteiger partial charge in [0.2, 0.25) is 0 Å². The fraction of sp³-hybridized carbons (Fsp3) is 0.143. The molecule has 10 heteroatoms. The molecular formula is C14H11ClFNO6S. The van der Waals surface area contributed by atoms with E-state index in [1.807, 2.05) is 0 Å². The SMILES string of the molecule is O=[N+]([O-])c1ccc(OCCOc2ccc(S(=O)(=O)F)cc2)c(Cl)c1. The first-order chi connectivity index (χ1) is 11.3. The molecule has 24 heavy (non-hydrogen) atoms. The third-order valence-electron chi connectivity index (χ3n) is 2.84. The van der Waals surface area contributed by atoms with Crippen LogP contribution in [0.15, 0.2) is 47.4 Å². The lowest BCUT2D eigenvalue weighted by Crippen LogP contribution is -2.09. The number of halogens is 2. The molecule has 2 aromatic rings. The van der Waals surface area contributed by atoms with Crippen LogP contribution in [0.2, 0.25) is 5.02 Å². The highest BCUT2D eigenvalue weighted by Gasteiger charge is 2.12. The van der Waals surface area contributed by atoms with Crippen LogP contribution in [0.4, 0.5) is 9.57 Å². The fourth-order valence-electron chi connectivity index (χ4n) is 1.73. The molecule has 0 amide bonds. The monoisotopic (exact) mass is 375 g/mol. The van der Waals surface area contributed by atoms with Gasteiger partial charge < -0.3 is 9.47 Å². The summed E-state index contributed by atoms with van der Waals surface area (Å²) in [4.78, 5) is 9.57. The maximum Gasteiger partial charge on any atom is 0.332 e. The van der Waals surface area contributed by atoms with E-state index in [1.54, 1.807) is 0 Å². The Bertz CT molecular complexity index is 841. The van der Waals surface area contributed by atoms with Crippen LogP contribution in [0.5, 0.6) is 11.5 Å². The zero-order chi connectivity index (χ0) is 17.7. The van der Waals surface area contributed by atoms with Gasteiger partial charge in [0, 0.05) is 12.1 Å². The van der Waals surface area contributed by atoms with Gasteiger partial charge in [-0.1, -0.05) is 11.6 Å². The van der Waals surface area contributed by atoms with Gasteiger partial charge in [0.1, 0.15) is 24.7 Å². The van der Waals surface area contributed by atoms with Crippen LogP contribution in [0, 0.1) is 10.1 Å². The predicted octanol–water partition coefficient (Wildman–Crippen LogP) is 3.36.